The Morgan fingerprint density at radius 3 is 2.65 bits per heavy atom. The van der Waals surface area contributed by atoms with E-state index in [4.69, 9.17) is 0 Å². The average molecular weight is 357 g/mol. The molecule has 0 spiro atoms. The molecule has 1 unspecified atom stereocenters. The molecule has 0 radical (unpaired) electrons. The van der Waals surface area contributed by atoms with Crippen molar-refractivity contribution in [2.24, 2.45) is 0 Å². The smallest absolute Gasteiger partial charge is 0.0683 e. The predicted molar refractivity (Wildman–Crippen MR) is 83.7 cm³/mol. The summed E-state index contributed by atoms with van der Waals surface area (Å²) >= 11 is 4.25. The van der Waals surface area contributed by atoms with E-state index in [0.29, 0.717) is 6.04 Å². The molecule has 17 heavy (non-hydrogen) atoms. The second kappa shape index (κ2) is 5.98. The predicted octanol–water partition coefficient (Wildman–Crippen LogP) is 4.36. The summed E-state index contributed by atoms with van der Waals surface area (Å²) in [7, 11) is 0. The van der Waals surface area contributed by atoms with Crippen LogP contribution in [0.15, 0.2) is 35.7 Å². The van der Waals surface area contributed by atoms with Crippen molar-refractivity contribution in [2.45, 2.75) is 19.9 Å². The van der Waals surface area contributed by atoms with Crippen LogP contribution in [0.3, 0.4) is 0 Å². The maximum Gasteiger partial charge on any atom is 0.0683 e. The first kappa shape index (κ1) is 13.1. The number of thiophene rings is 1. The zero-order valence-electron chi connectivity index (χ0n) is 10.0. The van der Waals surface area contributed by atoms with Crippen molar-refractivity contribution in [2.75, 3.05) is 6.54 Å². The maximum absolute atomic E-state index is 3.59. The van der Waals surface area contributed by atoms with E-state index in [1.54, 1.807) is 0 Å². The molecular weight excluding hydrogens is 341 g/mol. The van der Waals surface area contributed by atoms with E-state index < -0.39 is 0 Å². The van der Waals surface area contributed by atoms with E-state index in [-0.39, 0.29) is 0 Å². The number of halogens is 1. The van der Waals surface area contributed by atoms with E-state index in [1.807, 2.05) is 11.3 Å². The minimum absolute atomic E-state index is 0.327. The molecule has 90 valence electrons. The van der Waals surface area contributed by atoms with Gasteiger partial charge in [-0.25, -0.2) is 0 Å². The molecule has 2 rings (SSSR count). The van der Waals surface area contributed by atoms with Crippen molar-refractivity contribution in [3.8, 4) is 0 Å². The van der Waals surface area contributed by atoms with Gasteiger partial charge in [0.1, 0.15) is 0 Å². The molecule has 1 heterocycles. The van der Waals surface area contributed by atoms with E-state index in [2.05, 4.69) is 77.5 Å². The molecule has 0 bridgehead atoms. The molecule has 1 aromatic carbocycles. The number of hydrogen-bond acceptors (Lipinski definition) is 2. The Kier molecular flexibility index (Phi) is 4.59. The van der Waals surface area contributed by atoms with Gasteiger partial charge in [-0.1, -0.05) is 25.1 Å². The van der Waals surface area contributed by atoms with Gasteiger partial charge in [0.15, 0.2) is 0 Å². The monoisotopic (exact) mass is 357 g/mol. The fourth-order valence-electron chi connectivity index (χ4n) is 1.94. The summed E-state index contributed by atoms with van der Waals surface area (Å²) in [6.07, 6.45) is 0. The molecular formula is C14H16INS. The highest BCUT2D eigenvalue weighted by Gasteiger charge is 2.18. The van der Waals surface area contributed by atoms with Gasteiger partial charge in [-0.05, 0) is 64.7 Å². The van der Waals surface area contributed by atoms with Gasteiger partial charge < -0.3 is 5.32 Å². The third-order valence-electron chi connectivity index (χ3n) is 2.79. The Morgan fingerprint density at radius 2 is 2.06 bits per heavy atom. The quantitative estimate of drug-likeness (QED) is 0.802. The highest BCUT2D eigenvalue weighted by molar-refractivity contribution is 14.1. The van der Waals surface area contributed by atoms with Crippen LogP contribution >= 0.6 is 33.9 Å². The molecule has 0 saturated heterocycles. The summed E-state index contributed by atoms with van der Waals surface area (Å²) in [5, 5.41) is 5.76. The molecule has 0 aliphatic carbocycles. The second-order valence-electron chi connectivity index (χ2n) is 3.98. The van der Waals surface area contributed by atoms with E-state index >= 15 is 0 Å². The summed E-state index contributed by atoms with van der Waals surface area (Å²) < 4.78 is 1.32. The molecule has 1 atom stereocenters. The largest absolute Gasteiger partial charge is 0.306 e. The minimum atomic E-state index is 0.327. The number of aryl methyl sites for hydroxylation is 1. The molecule has 0 fully saturated rings. The van der Waals surface area contributed by atoms with Crippen molar-refractivity contribution < 1.29 is 0 Å². The van der Waals surface area contributed by atoms with Crippen LogP contribution in [0.1, 0.15) is 29.0 Å². The molecule has 0 saturated carbocycles. The van der Waals surface area contributed by atoms with Crippen LogP contribution in [0.2, 0.25) is 0 Å². The summed E-state index contributed by atoms with van der Waals surface area (Å²) in [5.74, 6) is 0. The Bertz CT molecular complexity index is 492. The topological polar surface area (TPSA) is 12.0 Å². The Balaban J connectivity index is 2.43. The van der Waals surface area contributed by atoms with Crippen LogP contribution in [0, 0.1) is 10.5 Å². The van der Waals surface area contributed by atoms with Gasteiger partial charge in [0.25, 0.3) is 0 Å². The van der Waals surface area contributed by atoms with Crippen LogP contribution in [0.5, 0.6) is 0 Å². The lowest BCUT2D eigenvalue weighted by atomic mass is 10.0. The number of nitrogens with one attached hydrogen (secondary N) is 1. The molecule has 2 aromatic rings. The lowest BCUT2D eigenvalue weighted by molar-refractivity contribution is 0.635. The molecule has 1 N–H and O–H groups in total. The Labute approximate surface area is 120 Å². The normalized spacial score (nSPS) is 12.6. The lowest BCUT2D eigenvalue weighted by Crippen LogP contribution is -2.22. The van der Waals surface area contributed by atoms with Crippen molar-refractivity contribution in [3.63, 3.8) is 0 Å². The number of rotatable bonds is 4. The van der Waals surface area contributed by atoms with Gasteiger partial charge in [-0.2, -0.15) is 0 Å². The zero-order chi connectivity index (χ0) is 12.3. The first-order valence-corrected chi connectivity index (χ1v) is 7.71. The average Bonchev–Trinajstić information content (AvgIpc) is 2.74. The third kappa shape index (κ3) is 2.89. The molecule has 1 nitrogen and oxygen atoms in total. The fraction of sp³-hybridized carbons (Fsp3) is 0.286. The third-order valence-corrected chi connectivity index (χ3v) is 4.85. The van der Waals surface area contributed by atoms with Crippen molar-refractivity contribution in [1.29, 1.82) is 0 Å². The van der Waals surface area contributed by atoms with Crippen LogP contribution in [0.4, 0.5) is 0 Å². The van der Waals surface area contributed by atoms with Crippen molar-refractivity contribution in [1.82, 2.24) is 5.32 Å². The second-order valence-corrected chi connectivity index (χ2v) is 6.09. The Morgan fingerprint density at radius 1 is 1.29 bits per heavy atom. The zero-order valence-corrected chi connectivity index (χ0v) is 13.0. The van der Waals surface area contributed by atoms with Crippen LogP contribution < -0.4 is 5.32 Å². The molecule has 1 aromatic heterocycles. The SMILES string of the molecule is CCNC(c1ccccc1I)c1sccc1C. The van der Waals surface area contributed by atoms with Crippen molar-refractivity contribution >= 4 is 33.9 Å². The molecule has 3 heteroatoms. The molecule has 0 aliphatic rings. The lowest BCUT2D eigenvalue weighted by Gasteiger charge is -2.19. The maximum atomic E-state index is 3.59. The van der Waals surface area contributed by atoms with Gasteiger partial charge in [0.2, 0.25) is 0 Å². The summed E-state index contributed by atoms with van der Waals surface area (Å²) in [6.45, 7) is 5.32. The fourth-order valence-corrected chi connectivity index (χ4v) is 3.66. The summed E-state index contributed by atoms with van der Waals surface area (Å²) in [4.78, 5) is 1.43. The van der Waals surface area contributed by atoms with E-state index in [9.17, 15) is 0 Å². The van der Waals surface area contributed by atoms with Gasteiger partial charge in [0, 0.05) is 8.45 Å². The van der Waals surface area contributed by atoms with Gasteiger partial charge in [-0.3, -0.25) is 0 Å². The first-order chi connectivity index (χ1) is 8.24. The highest BCUT2D eigenvalue weighted by Crippen LogP contribution is 2.31. The van der Waals surface area contributed by atoms with Gasteiger partial charge in [-0.15, -0.1) is 11.3 Å². The van der Waals surface area contributed by atoms with E-state index in [1.165, 1.54) is 19.6 Å². The van der Waals surface area contributed by atoms with Gasteiger partial charge in [0.05, 0.1) is 6.04 Å². The van der Waals surface area contributed by atoms with Crippen molar-refractivity contribution in [3.05, 3.63) is 55.3 Å². The molecule has 0 amide bonds. The number of hydrogen-bond donors (Lipinski definition) is 1. The summed E-state index contributed by atoms with van der Waals surface area (Å²) in [5.41, 5.74) is 2.75. The minimum Gasteiger partial charge on any atom is -0.306 e. The Hall–Kier alpha value is -0.390. The number of benzene rings is 1. The van der Waals surface area contributed by atoms with Crippen LogP contribution in [-0.2, 0) is 0 Å². The highest BCUT2D eigenvalue weighted by atomic mass is 127. The first-order valence-electron chi connectivity index (χ1n) is 5.75. The van der Waals surface area contributed by atoms with E-state index in [0.717, 1.165) is 6.54 Å². The van der Waals surface area contributed by atoms with Crippen LogP contribution in [-0.4, -0.2) is 6.54 Å². The standard InChI is InChI=1S/C14H16INS/c1-3-16-13(14-10(2)8-9-17-14)11-6-4-5-7-12(11)15/h4-9,13,16H,3H2,1-2H3. The van der Waals surface area contributed by atoms with Gasteiger partial charge >= 0.3 is 0 Å². The summed E-state index contributed by atoms with van der Waals surface area (Å²) in [6, 6.07) is 11.1. The molecule has 0 aliphatic heterocycles. The van der Waals surface area contributed by atoms with Crippen LogP contribution in [0.25, 0.3) is 0 Å².